The number of non-ortho nitro benzene ring substituents is 1. The van der Waals surface area contributed by atoms with Crippen LogP contribution in [0.25, 0.3) is 0 Å². The van der Waals surface area contributed by atoms with E-state index in [-0.39, 0.29) is 11.5 Å². The molecular formula is C17H17F2N3O2. The van der Waals surface area contributed by atoms with E-state index in [0.29, 0.717) is 25.3 Å². The van der Waals surface area contributed by atoms with Crippen molar-refractivity contribution in [2.45, 2.75) is 6.42 Å². The van der Waals surface area contributed by atoms with E-state index in [4.69, 9.17) is 0 Å². The first-order valence-electron chi connectivity index (χ1n) is 7.74. The number of halogens is 2. The number of benzene rings is 2. The summed E-state index contributed by atoms with van der Waals surface area (Å²) >= 11 is 0. The van der Waals surface area contributed by atoms with Crippen LogP contribution >= 0.6 is 0 Å². The van der Waals surface area contributed by atoms with Gasteiger partial charge in [-0.3, -0.25) is 10.1 Å². The molecule has 7 heteroatoms. The summed E-state index contributed by atoms with van der Waals surface area (Å²) in [5.74, 6) is -0.859. The van der Waals surface area contributed by atoms with Crippen LogP contribution in [0.5, 0.6) is 0 Å². The Hall–Kier alpha value is -2.70. The van der Waals surface area contributed by atoms with Gasteiger partial charge in [0.2, 0.25) is 0 Å². The first kappa shape index (κ1) is 16.2. The van der Waals surface area contributed by atoms with Gasteiger partial charge in [-0.2, -0.15) is 0 Å². The highest BCUT2D eigenvalue weighted by atomic mass is 19.1. The van der Waals surface area contributed by atoms with Crippen LogP contribution in [0, 0.1) is 21.7 Å². The molecule has 0 radical (unpaired) electrons. The van der Waals surface area contributed by atoms with Crippen LogP contribution in [0.2, 0.25) is 0 Å². The van der Waals surface area contributed by atoms with Crippen molar-refractivity contribution in [2.24, 2.45) is 0 Å². The number of hydrogen-bond acceptors (Lipinski definition) is 4. The molecule has 0 amide bonds. The molecular weight excluding hydrogens is 316 g/mol. The van der Waals surface area contributed by atoms with Gasteiger partial charge in [0.15, 0.2) is 5.82 Å². The van der Waals surface area contributed by atoms with Crippen LogP contribution in [0.4, 0.5) is 25.8 Å². The third-order valence-electron chi connectivity index (χ3n) is 4.17. The fraction of sp³-hybridized carbons (Fsp3) is 0.294. The molecule has 2 aromatic rings. The van der Waals surface area contributed by atoms with Gasteiger partial charge in [-0.25, -0.2) is 8.78 Å². The first-order chi connectivity index (χ1) is 11.5. The second-order valence-electron chi connectivity index (χ2n) is 5.70. The molecule has 0 atom stereocenters. The van der Waals surface area contributed by atoms with Crippen LogP contribution in [0.3, 0.4) is 0 Å². The molecule has 2 aromatic carbocycles. The summed E-state index contributed by atoms with van der Waals surface area (Å²) in [7, 11) is 0. The number of nitro groups is 1. The standard InChI is InChI=1S/C17H17F2N3O2/c18-13-2-4-14(5-3-13)20-8-1-9-21(11-10-20)17-7-6-15(22(23)24)12-16(17)19/h2-7,12H,1,8-11H2. The van der Waals surface area contributed by atoms with Gasteiger partial charge in [0.05, 0.1) is 16.7 Å². The summed E-state index contributed by atoms with van der Waals surface area (Å²) in [6.45, 7) is 2.71. The molecule has 0 N–H and O–H groups in total. The lowest BCUT2D eigenvalue weighted by molar-refractivity contribution is -0.385. The lowest BCUT2D eigenvalue weighted by Crippen LogP contribution is -2.31. The van der Waals surface area contributed by atoms with E-state index in [2.05, 4.69) is 4.90 Å². The van der Waals surface area contributed by atoms with Gasteiger partial charge < -0.3 is 9.80 Å². The summed E-state index contributed by atoms with van der Waals surface area (Å²) in [6, 6.07) is 10.1. The maximum Gasteiger partial charge on any atom is 0.272 e. The molecule has 1 fully saturated rings. The molecule has 24 heavy (non-hydrogen) atoms. The molecule has 1 aliphatic heterocycles. The van der Waals surface area contributed by atoms with Crippen molar-refractivity contribution in [3.05, 3.63) is 64.2 Å². The smallest absolute Gasteiger partial charge is 0.272 e. The van der Waals surface area contributed by atoms with Crippen molar-refractivity contribution in [3.8, 4) is 0 Å². The van der Waals surface area contributed by atoms with Crippen molar-refractivity contribution in [1.82, 2.24) is 0 Å². The average Bonchev–Trinajstić information content (AvgIpc) is 2.81. The Morgan fingerprint density at radius 2 is 1.58 bits per heavy atom. The van der Waals surface area contributed by atoms with Crippen molar-refractivity contribution < 1.29 is 13.7 Å². The lowest BCUT2D eigenvalue weighted by atomic mass is 10.2. The van der Waals surface area contributed by atoms with Gasteiger partial charge in [0.25, 0.3) is 5.69 Å². The Morgan fingerprint density at radius 1 is 0.917 bits per heavy atom. The number of nitro benzene ring substituents is 1. The summed E-state index contributed by atoms with van der Waals surface area (Å²) < 4.78 is 27.2. The molecule has 3 rings (SSSR count). The second-order valence-corrected chi connectivity index (χ2v) is 5.70. The SMILES string of the molecule is O=[N+]([O-])c1ccc(N2CCCN(c3ccc(F)cc3)CC2)c(F)c1. The Labute approximate surface area is 138 Å². The van der Waals surface area contributed by atoms with Crippen LogP contribution in [-0.4, -0.2) is 31.1 Å². The van der Waals surface area contributed by atoms with Gasteiger partial charge >= 0.3 is 0 Å². The summed E-state index contributed by atoms with van der Waals surface area (Å²) in [5, 5.41) is 10.7. The molecule has 0 aliphatic carbocycles. The number of anilines is 2. The molecule has 0 bridgehead atoms. The van der Waals surface area contributed by atoms with E-state index in [1.165, 1.54) is 24.3 Å². The quantitative estimate of drug-likeness (QED) is 0.636. The monoisotopic (exact) mass is 333 g/mol. The van der Waals surface area contributed by atoms with Crippen molar-refractivity contribution in [1.29, 1.82) is 0 Å². The van der Waals surface area contributed by atoms with E-state index in [1.807, 2.05) is 4.90 Å². The Bertz CT molecular complexity index is 737. The van der Waals surface area contributed by atoms with Gasteiger partial charge in [-0.15, -0.1) is 0 Å². The largest absolute Gasteiger partial charge is 0.370 e. The highest BCUT2D eigenvalue weighted by Crippen LogP contribution is 2.26. The van der Waals surface area contributed by atoms with E-state index < -0.39 is 10.7 Å². The molecule has 5 nitrogen and oxygen atoms in total. The first-order valence-corrected chi connectivity index (χ1v) is 7.74. The maximum absolute atomic E-state index is 14.2. The molecule has 1 aliphatic rings. The predicted molar refractivity (Wildman–Crippen MR) is 88.5 cm³/mol. The highest BCUT2D eigenvalue weighted by Gasteiger charge is 2.19. The topological polar surface area (TPSA) is 49.6 Å². The van der Waals surface area contributed by atoms with Crippen molar-refractivity contribution in [2.75, 3.05) is 36.0 Å². The Kier molecular flexibility index (Phi) is 4.59. The fourth-order valence-corrected chi connectivity index (χ4v) is 2.93. The lowest BCUT2D eigenvalue weighted by Gasteiger charge is -2.25. The minimum atomic E-state index is -0.606. The summed E-state index contributed by atoms with van der Waals surface area (Å²) in [4.78, 5) is 14.1. The Balaban J connectivity index is 1.73. The van der Waals surface area contributed by atoms with E-state index >= 15 is 0 Å². The molecule has 0 aromatic heterocycles. The molecule has 1 heterocycles. The number of rotatable bonds is 3. The maximum atomic E-state index is 14.2. The normalized spacial score (nSPS) is 15.2. The second kappa shape index (κ2) is 6.82. The van der Waals surface area contributed by atoms with E-state index in [1.54, 1.807) is 12.1 Å². The van der Waals surface area contributed by atoms with Crippen molar-refractivity contribution >= 4 is 17.1 Å². The molecule has 0 unspecified atom stereocenters. The molecule has 126 valence electrons. The van der Waals surface area contributed by atoms with Crippen LogP contribution in [0.15, 0.2) is 42.5 Å². The summed E-state index contributed by atoms with van der Waals surface area (Å²) in [6.07, 6.45) is 0.813. The van der Waals surface area contributed by atoms with Crippen molar-refractivity contribution in [3.63, 3.8) is 0 Å². The third-order valence-corrected chi connectivity index (χ3v) is 4.17. The Morgan fingerprint density at radius 3 is 2.25 bits per heavy atom. The zero-order valence-electron chi connectivity index (χ0n) is 13.0. The van der Waals surface area contributed by atoms with E-state index in [9.17, 15) is 18.9 Å². The van der Waals surface area contributed by atoms with Gasteiger partial charge in [-0.1, -0.05) is 0 Å². The minimum Gasteiger partial charge on any atom is -0.370 e. The zero-order chi connectivity index (χ0) is 17.1. The van der Waals surface area contributed by atoms with Crippen LogP contribution < -0.4 is 9.80 Å². The van der Waals surface area contributed by atoms with Crippen LogP contribution in [-0.2, 0) is 0 Å². The predicted octanol–water partition coefficient (Wildman–Crippen LogP) is 3.59. The minimum absolute atomic E-state index is 0.251. The highest BCUT2D eigenvalue weighted by molar-refractivity contribution is 5.54. The fourth-order valence-electron chi connectivity index (χ4n) is 2.93. The summed E-state index contributed by atoms with van der Waals surface area (Å²) in [5.41, 5.74) is 1.06. The third kappa shape index (κ3) is 3.45. The van der Waals surface area contributed by atoms with Gasteiger partial charge in [-0.05, 0) is 36.8 Å². The molecule has 0 saturated carbocycles. The number of hydrogen-bond donors (Lipinski definition) is 0. The average molecular weight is 333 g/mol. The zero-order valence-corrected chi connectivity index (χ0v) is 13.0. The molecule has 0 spiro atoms. The molecule has 1 saturated heterocycles. The van der Waals surface area contributed by atoms with Crippen LogP contribution in [0.1, 0.15) is 6.42 Å². The van der Waals surface area contributed by atoms with Gasteiger partial charge in [0.1, 0.15) is 5.82 Å². The van der Waals surface area contributed by atoms with Gasteiger partial charge in [0, 0.05) is 37.9 Å². The number of nitrogens with zero attached hydrogens (tertiary/aromatic N) is 3. The van der Waals surface area contributed by atoms with E-state index in [0.717, 1.165) is 24.7 Å².